The van der Waals surface area contributed by atoms with Gasteiger partial charge in [0, 0.05) is 14.6 Å². The molecule has 2 nitrogen and oxygen atoms in total. The Morgan fingerprint density at radius 2 is 1.72 bits per heavy atom. The van der Waals surface area contributed by atoms with Crippen LogP contribution in [0.4, 0.5) is 5.69 Å². The molecule has 0 fully saturated rings. The molecular formula is C14H13Br2NO. The SMILES string of the molecule is OCC(Nc1ccc(Br)cc1)c1cccc(Br)c1. The summed E-state index contributed by atoms with van der Waals surface area (Å²) < 4.78 is 2.05. The Morgan fingerprint density at radius 1 is 1.00 bits per heavy atom. The highest BCUT2D eigenvalue weighted by atomic mass is 79.9. The van der Waals surface area contributed by atoms with Crippen LogP contribution in [-0.2, 0) is 0 Å². The third-order valence-corrected chi connectivity index (χ3v) is 3.64. The zero-order valence-corrected chi connectivity index (χ0v) is 12.8. The molecule has 4 heteroatoms. The van der Waals surface area contributed by atoms with E-state index < -0.39 is 0 Å². The van der Waals surface area contributed by atoms with Crippen LogP contribution in [-0.4, -0.2) is 11.7 Å². The molecule has 18 heavy (non-hydrogen) atoms. The van der Waals surface area contributed by atoms with E-state index in [4.69, 9.17) is 0 Å². The van der Waals surface area contributed by atoms with Crippen LogP contribution >= 0.6 is 31.9 Å². The molecule has 0 aliphatic heterocycles. The fourth-order valence-corrected chi connectivity index (χ4v) is 2.39. The lowest BCUT2D eigenvalue weighted by Crippen LogP contribution is -2.14. The van der Waals surface area contributed by atoms with E-state index in [1.165, 1.54) is 0 Å². The van der Waals surface area contributed by atoms with Crippen molar-refractivity contribution in [2.24, 2.45) is 0 Å². The van der Waals surface area contributed by atoms with Crippen LogP contribution in [0.25, 0.3) is 0 Å². The van der Waals surface area contributed by atoms with Crippen LogP contribution in [0, 0.1) is 0 Å². The van der Waals surface area contributed by atoms with Crippen LogP contribution in [0.1, 0.15) is 11.6 Å². The minimum absolute atomic E-state index is 0.0481. The van der Waals surface area contributed by atoms with E-state index in [0.29, 0.717) is 0 Å². The maximum atomic E-state index is 9.50. The number of hydrogen-bond acceptors (Lipinski definition) is 2. The van der Waals surface area contributed by atoms with Gasteiger partial charge in [-0.15, -0.1) is 0 Å². The minimum atomic E-state index is -0.108. The predicted octanol–water partition coefficient (Wildman–Crippen LogP) is 4.36. The Bertz CT molecular complexity index is 513. The van der Waals surface area contributed by atoms with Gasteiger partial charge >= 0.3 is 0 Å². The van der Waals surface area contributed by atoms with Crippen LogP contribution in [0.2, 0.25) is 0 Å². The van der Waals surface area contributed by atoms with Gasteiger partial charge in [0.15, 0.2) is 0 Å². The fourth-order valence-electron chi connectivity index (χ4n) is 1.71. The minimum Gasteiger partial charge on any atom is -0.394 e. The summed E-state index contributed by atoms with van der Waals surface area (Å²) in [7, 11) is 0. The summed E-state index contributed by atoms with van der Waals surface area (Å²) >= 11 is 6.84. The average Bonchev–Trinajstić information content (AvgIpc) is 2.38. The molecule has 2 rings (SSSR count). The van der Waals surface area contributed by atoms with Crippen molar-refractivity contribution in [2.45, 2.75) is 6.04 Å². The summed E-state index contributed by atoms with van der Waals surface area (Å²) in [6.07, 6.45) is 0. The first-order valence-electron chi connectivity index (χ1n) is 5.57. The first-order valence-corrected chi connectivity index (χ1v) is 7.16. The standard InChI is InChI=1S/C14H13Br2NO/c15-11-4-6-13(7-5-11)17-14(9-18)10-2-1-3-12(16)8-10/h1-8,14,17-18H,9H2. The summed E-state index contributed by atoms with van der Waals surface area (Å²) in [6.45, 7) is 0.0481. The molecule has 0 radical (unpaired) electrons. The molecule has 1 atom stereocenters. The monoisotopic (exact) mass is 369 g/mol. The number of aliphatic hydroxyl groups excluding tert-OH is 1. The molecular weight excluding hydrogens is 358 g/mol. The van der Waals surface area contributed by atoms with Gasteiger partial charge in [0.1, 0.15) is 0 Å². The van der Waals surface area contributed by atoms with Crippen molar-refractivity contribution in [2.75, 3.05) is 11.9 Å². The van der Waals surface area contributed by atoms with Crippen molar-refractivity contribution in [3.8, 4) is 0 Å². The van der Waals surface area contributed by atoms with E-state index >= 15 is 0 Å². The predicted molar refractivity (Wildman–Crippen MR) is 81.7 cm³/mol. The molecule has 94 valence electrons. The largest absolute Gasteiger partial charge is 0.394 e. The van der Waals surface area contributed by atoms with E-state index in [0.717, 1.165) is 20.2 Å². The lowest BCUT2D eigenvalue weighted by molar-refractivity contribution is 0.276. The van der Waals surface area contributed by atoms with Gasteiger partial charge in [-0.3, -0.25) is 0 Å². The Morgan fingerprint density at radius 3 is 2.33 bits per heavy atom. The molecule has 2 aromatic rings. The first kappa shape index (κ1) is 13.6. The van der Waals surface area contributed by atoms with E-state index in [1.54, 1.807) is 0 Å². The molecule has 1 unspecified atom stereocenters. The van der Waals surface area contributed by atoms with E-state index in [2.05, 4.69) is 37.2 Å². The number of nitrogens with one attached hydrogen (secondary N) is 1. The van der Waals surface area contributed by atoms with Crippen LogP contribution in [0.5, 0.6) is 0 Å². The fraction of sp³-hybridized carbons (Fsp3) is 0.143. The normalized spacial score (nSPS) is 12.2. The lowest BCUT2D eigenvalue weighted by atomic mass is 10.1. The second-order valence-electron chi connectivity index (χ2n) is 3.94. The van der Waals surface area contributed by atoms with E-state index in [1.807, 2.05) is 48.5 Å². The third-order valence-electron chi connectivity index (χ3n) is 2.62. The van der Waals surface area contributed by atoms with Gasteiger partial charge in [-0.05, 0) is 42.0 Å². The summed E-state index contributed by atoms with van der Waals surface area (Å²) in [5.41, 5.74) is 2.03. The molecule has 2 N–H and O–H groups in total. The zero-order chi connectivity index (χ0) is 13.0. The molecule has 0 aliphatic rings. The lowest BCUT2D eigenvalue weighted by Gasteiger charge is -2.18. The van der Waals surface area contributed by atoms with Gasteiger partial charge in [-0.2, -0.15) is 0 Å². The molecule has 0 amide bonds. The second kappa shape index (κ2) is 6.36. The highest BCUT2D eigenvalue weighted by molar-refractivity contribution is 9.10. The quantitative estimate of drug-likeness (QED) is 0.838. The maximum Gasteiger partial charge on any atom is 0.0745 e. The third kappa shape index (κ3) is 3.57. The van der Waals surface area contributed by atoms with Gasteiger partial charge < -0.3 is 10.4 Å². The van der Waals surface area contributed by atoms with Crippen LogP contribution in [0.15, 0.2) is 57.5 Å². The number of aliphatic hydroxyl groups is 1. The first-order chi connectivity index (χ1) is 8.69. The van der Waals surface area contributed by atoms with Gasteiger partial charge in [0.25, 0.3) is 0 Å². The van der Waals surface area contributed by atoms with E-state index in [9.17, 15) is 5.11 Å². The molecule has 0 aliphatic carbocycles. The Kier molecular flexibility index (Phi) is 4.80. The second-order valence-corrected chi connectivity index (χ2v) is 5.77. The van der Waals surface area contributed by atoms with Gasteiger partial charge in [-0.25, -0.2) is 0 Å². The van der Waals surface area contributed by atoms with Gasteiger partial charge in [0.2, 0.25) is 0 Å². The van der Waals surface area contributed by atoms with Crippen molar-refractivity contribution < 1.29 is 5.11 Å². The topological polar surface area (TPSA) is 32.3 Å². The molecule has 0 spiro atoms. The van der Waals surface area contributed by atoms with Crippen LogP contribution < -0.4 is 5.32 Å². The number of anilines is 1. The maximum absolute atomic E-state index is 9.50. The zero-order valence-electron chi connectivity index (χ0n) is 9.61. The average molecular weight is 371 g/mol. The summed E-state index contributed by atoms with van der Waals surface area (Å²) in [4.78, 5) is 0. The summed E-state index contributed by atoms with van der Waals surface area (Å²) in [5, 5.41) is 12.8. The van der Waals surface area contributed by atoms with Gasteiger partial charge in [0.05, 0.1) is 12.6 Å². The van der Waals surface area contributed by atoms with Crippen molar-refractivity contribution in [1.29, 1.82) is 0 Å². The molecule has 0 aromatic heterocycles. The number of hydrogen-bond donors (Lipinski definition) is 2. The Labute approximate surface area is 123 Å². The Balaban J connectivity index is 2.17. The molecule has 0 saturated heterocycles. The number of halogens is 2. The van der Waals surface area contributed by atoms with Gasteiger partial charge in [-0.1, -0.05) is 44.0 Å². The van der Waals surface area contributed by atoms with Crippen molar-refractivity contribution in [3.63, 3.8) is 0 Å². The molecule has 0 heterocycles. The smallest absolute Gasteiger partial charge is 0.0745 e. The van der Waals surface area contributed by atoms with Crippen molar-refractivity contribution >= 4 is 37.5 Å². The van der Waals surface area contributed by atoms with Crippen LogP contribution in [0.3, 0.4) is 0 Å². The summed E-state index contributed by atoms with van der Waals surface area (Å²) in [6, 6.07) is 15.7. The molecule has 0 bridgehead atoms. The van der Waals surface area contributed by atoms with E-state index in [-0.39, 0.29) is 12.6 Å². The highest BCUT2D eigenvalue weighted by Gasteiger charge is 2.10. The Hall–Kier alpha value is -0.840. The molecule has 2 aromatic carbocycles. The highest BCUT2D eigenvalue weighted by Crippen LogP contribution is 2.23. The van der Waals surface area contributed by atoms with Crippen molar-refractivity contribution in [3.05, 3.63) is 63.0 Å². The number of rotatable bonds is 4. The number of benzene rings is 2. The molecule has 0 saturated carbocycles. The summed E-state index contributed by atoms with van der Waals surface area (Å²) in [5.74, 6) is 0. The van der Waals surface area contributed by atoms with Crippen molar-refractivity contribution in [1.82, 2.24) is 0 Å².